The summed E-state index contributed by atoms with van der Waals surface area (Å²) in [7, 11) is 0. The van der Waals surface area contributed by atoms with Crippen molar-refractivity contribution in [3.8, 4) is 0 Å². The van der Waals surface area contributed by atoms with Crippen molar-refractivity contribution < 1.29 is 27.5 Å². The van der Waals surface area contributed by atoms with E-state index in [0.717, 1.165) is 25.0 Å². The van der Waals surface area contributed by atoms with Crippen molar-refractivity contribution in [1.29, 1.82) is 0 Å². The number of carbonyl (C=O) groups is 2. The number of nitrogens with one attached hydrogen (secondary N) is 1. The Kier molecular flexibility index (Phi) is 5.07. The van der Waals surface area contributed by atoms with Crippen LogP contribution in [0.25, 0.3) is 0 Å². The van der Waals surface area contributed by atoms with Crippen molar-refractivity contribution in [1.82, 2.24) is 4.90 Å². The topological polar surface area (TPSA) is 58.6 Å². The normalized spacial score (nSPS) is 28.5. The molecule has 28 heavy (non-hydrogen) atoms. The molecule has 4 atom stereocenters. The zero-order valence-electron chi connectivity index (χ0n) is 15.3. The molecular weight excluding hydrogens is 393 g/mol. The van der Waals surface area contributed by atoms with Gasteiger partial charge in [0.2, 0.25) is 5.91 Å². The third-order valence-corrected chi connectivity index (χ3v) is 6.36. The first-order valence-corrected chi connectivity index (χ1v) is 10.6. The summed E-state index contributed by atoms with van der Waals surface area (Å²) in [6.45, 7) is 1.02. The molecule has 1 aromatic carbocycles. The van der Waals surface area contributed by atoms with Gasteiger partial charge in [-0.1, -0.05) is 0 Å². The fourth-order valence-electron chi connectivity index (χ4n) is 4.62. The second-order valence-electron chi connectivity index (χ2n) is 7.61. The van der Waals surface area contributed by atoms with Crippen LogP contribution < -0.4 is 5.32 Å². The number of halogens is 3. The minimum absolute atomic E-state index is 0.0139. The van der Waals surface area contributed by atoms with E-state index in [1.165, 1.54) is 17.8 Å². The molecule has 0 radical (unpaired) electrons. The Bertz CT molecular complexity index is 783. The molecule has 0 spiro atoms. The van der Waals surface area contributed by atoms with Crippen molar-refractivity contribution in [2.45, 2.75) is 31.2 Å². The monoisotopic (exact) mass is 414 g/mol. The highest BCUT2D eigenvalue weighted by molar-refractivity contribution is 7.99. The number of anilines is 1. The van der Waals surface area contributed by atoms with Crippen LogP contribution in [0.2, 0.25) is 0 Å². The van der Waals surface area contributed by atoms with Crippen LogP contribution in [0.3, 0.4) is 0 Å². The standard InChI is InChI=1S/C19H21F3N2O3S/c1-28-9-17(25)23-12-5-10(4-11(6-12)19(20,21)22)18(26)24-7-13-14(8-24)16-3-2-15(13)27-16/h4-6,13-16H,2-3,7-9H2,1H3,(H,23,25)/t13-,14+,15+,16-. The lowest BCUT2D eigenvalue weighted by Gasteiger charge is -2.20. The molecule has 1 N–H and O–H groups in total. The summed E-state index contributed by atoms with van der Waals surface area (Å²) < 4.78 is 45.8. The van der Waals surface area contributed by atoms with E-state index in [-0.39, 0.29) is 41.0 Å². The van der Waals surface area contributed by atoms with E-state index in [1.807, 2.05) is 0 Å². The molecule has 152 valence electrons. The average molecular weight is 414 g/mol. The van der Waals surface area contributed by atoms with Gasteiger partial charge in [0.15, 0.2) is 0 Å². The van der Waals surface area contributed by atoms with Crippen LogP contribution in [0.15, 0.2) is 18.2 Å². The van der Waals surface area contributed by atoms with Crippen LogP contribution >= 0.6 is 11.8 Å². The number of benzene rings is 1. The van der Waals surface area contributed by atoms with E-state index in [4.69, 9.17) is 4.74 Å². The molecule has 3 fully saturated rings. The summed E-state index contributed by atoms with van der Waals surface area (Å²) in [5.41, 5.74) is -1.01. The number of hydrogen-bond acceptors (Lipinski definition) is 4. The Balaban J connectivity index is 1.57. The number of ether oxygens (including phenoxy) is 1. The number of thioether (sulfide) groups is 1. The van der Waals surface area contributed by atoms with Crippen LogP contribution in [0.5, 0.6) is 0 Å². The quantitative estimate of drug-likeness (QED) is 0.822. The van der Waals surface area contributed by atoms with Crippen LogP contribution in [-0.2, 0) is 15.7 Å². The van der Waals surface area contributed by atoms with Crippen molar-refractivity contribution in [3.63, 3.8) is 0 Å². The first kappa shape index (κ1) is 19.6. The van der Waals surface area contributed by atoms with Crippen molar-refractivity contribution in [2.24, 2.45) is 11.8 Å². The van der Waals surface area contributed by atoms with Crippen molar-refractivity contribution in [2.75, 3.05) is 30.4 Å². The molecule has 3 aliphatic heterocycles. The van der Waals surface area contributed by atoms with E-state index >= 15 is 0 Å². The van der Waals surface area contributed by atoms with Crippen molar-refractivity contribution in [3.05, 3.63) is 29.3 Å². The zero-order valence-corrected chi connectivity index (χ0v) is 16.1. The maximum absolute atomic E-state index is 13.3. The van der Waals surface area contributed by atoms with E-state index in [1.54, 1.807) is 11.2 Å². The minimum Gasteiger partial charge on any atom is -0.374 e. The Morgan fingerprint density at radius 1 is 1.18 bits per heavy atom. The summed E-state index contributed by atoms with van der Waals surface area (Å²) in [5, 5.41) is 2.45. The Labute approximate surface area is 165 Å². The third-order valence-electron chi connectivity index (χ3n) is 5.81. The molecule has 0 aliphatic carbocycles. The molecule has 4 rings (SSSR count). The number of amides is 2. The highest BCUT2D eigenvalue weighted by Crippen LogP contribution is 2.47. The lowest BCUT2D eigenvalue weighted by Crippen LogP contribution is -2.31. The number of nitrogens with zero attached hydrogens (tertiary/aromatic N) is 1. The Hall–Kier alpha value is -1.74. The highest BCUT2D eigenvalue weighted by atomic mass is 32.2. The van der Waals surface area contributed by atoms with E-state index < -0.39 is 23.6 Å². The third kappa shape index (κ3) is 3.61. The summed E-state index contributed by atoms with van der Waals surface area (Å²) in [4.78, 5) is 26.4. The highest BCUT2D eigenvalue weighted by Gasteiger charge is 2.53. The molecule has 9 heteroatoms. The van der Waals surface area contributed by atoms with Gasteiger partial charge in [-0.15, -0.1) is 0 Å². The van der Waals surface area contributed by atoms with Crippen molar-refractivity contribution >= 4 is 29.3 Å². The van der Waals surface area contributed by atoms with Gasteiger partial charge < -0.3 is 15.0 Å². The van der Waals surface area contributed by atoms with Gasteiger partial charge in [0.05, 0.1) is 23.5 Å². The second kappa shape index (κ2) is 7.26. The van der Waals surface area contributed by atoms with E-state index in [9.17, 15) is 22.8 Å². The molecule has 0 saturated carbocycles. The van der Waals surface area contributed by atoms with Crippen LogP contribution in [0, 0.1) is 11.8 Å². The molecule has 0 unspecified atom stereocenters. The number of carbonyl (C=O) groups excluding carboxylic acids is 2. The number of rotatable bonds is 4. The maximum Gasteiger partial charge on any atom is 0.416 e. The molecule has 5 nitrogen and oxygen atoms in total. The fourth-order valence-corrected chi connectivity index (χ4v) is 4.96. The predicted octanol–water partition coefficient (Wildman–Crippen LogP) is 3.26. The smallest absolute Gasteiger partial charge is 0.374 e. The van der Waals surface area contributed by atoms with E-state index in [2.05, 4.69) is 5.32 Å². The molecule has 1 aromatic rings. The first-order chi connectivity index (χ1) is 13.3. The van der Waals surface area contributed by atoms with Gasteiger partial charge in [-0.25, -0.2) is 0 Å². The zero-order chi connectivity index (χ0) is 20.1. The summed E-state index contributed by atoms with van der Waals surface area (Å²) in [6, 6.07) is 3.06. The number of hydrogen-bond donors (Lipinski definition) is 1. The van der Waals surface area contributed by atoms with Gasteiger partial charge in [0, 0.05) is 36.2 Å². The molecule has 0 aromatic heterocycles. The van der Waals surface area contributed by atoms with Gasteiger partial charge >= 0.3 is 6.18 Å². The maximum atomic E-state index is 13.3. The average Bonchev–Trinajstić information content (AvgIpc) is 3.33. The Morgan fingerprint density at radius 2 is 1.82 bits per heavy atom. The molecular formula is C19H21F3N2O3S. The van der Waals surface area contributed by atoms with Crippen LogP contribution in [0.1, 0.15) is 28.8 Å². The molecule has 2 bridgehead atoms. The van der Waals surface area contributed by atoms with Gasteiger partial charge in [-0.05, 0) is 37.3 Å². The molecule has 3 saturated heterocycles. The molecule has 2 amide bonds. The van der Waals surface area contributed by atoms with Gasteiger partial charge in [0.1, 0.15) is 0 Å². The predicted molar refractivity (Wildman–Crippen MR) is 99.2 cm³/mol. The summed E-state index contributed by atoms with van der Waals surface area (Å²) in [6.07, 6.45) is -0.580. The largest absolute Gasteiger partial charge is 0.416 e. The van der Waals surface area contributed by atoms with E-state index in [0.29, 0.717) is 13.1 Å². The first-order valence-electron chi connectivity index (χ1n) is 9.22. The summed E-state index contributed by atoms with van der Waals surface area (Å²) in [5.74, 6) is -0.170. The lowest BCUT2D eigenvalue weighted by molar-refractivity contribution is -0.137. The Morgan fingerprint density at radius 3 is 2.39 bits per heavy atom. The van der Waals surface area contributed by atoms with Crippen LogP contribution in [0.4, 0.5) is 18.9 Å². The number of fused-ring (bicyclic) bond motifs is 5. The van der Waals surface area contributed by atoms with Crippen LogP contribution in [-0.4, -0.2) is 54.0 Å². The second-order valence-corrected chi connectivity index (χ2v) is 8.47. The fraction of sp³-hybridized carbons (Fsp3) is 0.579. The molecule has 3 heterocycles. The van der Waals surface area contributed by atoms with Gasteiger partial charge in [-0.3, -0.25) is 9.59 Å². The van der Waals surface area contributed by atoms with Gasteiger partial charge in [-0.2, -0.15) is 24.9 Å². The lowest BCUT2D eigenvalue weighted by atomic mass is 9.82. The SMILES string of the molecule is CSCC(=O)Nc1cc(C(=O)N2C[C@@H]3[C@H](C2)[C@H]2CC[C@@H]3O2)cc(C(F)(F)F)c1. The number of likely N-dealkylation sites (tertiary alicyclic amines) is 1. The number of alkyl halides is 3. The van der Waals surface area contributed by atoms with Gasteiger partial charge in [0.25, 0.3) is 5.91 Å². The summed E-state index contributed by atoms with van der Waals surface area (Å²) >= 11 is 1.26. The molecule has 3 aliphatic rings. The minimum atomic E-state index is -4.61.